The smallest absolute Gasteiger partial charge is 0.226 e. The molecule has 0 N–H and O–H groups in total. The van der Waals surface area contributed by atoms with Gasteiger partial charge >= 0.3 is 0 Å². The zero-order valence-electron chi connectivity index (χ0n) is 17.5. The fraction of sp³-hybridized carbons (Fsp3) is 0.360. The number of carbonyl (C=O) groups excluding carboxylic acids is 1. The number of carbonyl (C=O) groups is 1. The summed E-state index contributed by atoms with van der Waals surface area (Å²) >= 11 is 1.74. The maximum Gasteiger partial charge on any atom is 0.226 e. The number of hydrogen-bond donors (Lipinski definition) is 0. The lowest BCUT2D eigenvalue weighted by atomic mass is 9.84. The highest BCUT2D eigenvalue weighted by atomic mass is 32.1. The van der Waals surface area contributed by atoms with Crippen LogP contribution in [0.3, 0.4) is 0 Å². The SMILES string of the molecule is O=C(C1CCC1)N1CCOc2c(cc(-c3cccnc3)cc2OCCc2cccs2)C1. The topological polar surface area (TPSA) is 51.7 Å². The van der Waals surface area contributed by atoms with Gasteiger partial charge in [0.25, 0.3) is 0 Å². The molecule has 1 amide bonds. The number of nitrogens with zero attached hydrogens (tertiary/aromatic N) is 2. The van der Waals surface area contributed by atoms with E-state index in [4.69, 9.17) is 9.47 Å². The van der Waals surface area contributed by atoms with Gasteiger partial charge in [-0.3, -0.25) is 9.78 Å². The number of amides is 1. The second-order valence-electron chi connectivity index (χ2n) is 8.12. The summed E-state index contributed by atoms with van der Waals surface area (Å²) in [5, 5.41) is 2.08. The van der Waals surface area contributed by atoms with Crippen molar-refractivity contribution in [3.63, 3.8) is 0 Å². The molecule has 0 bridgehead atoms. The summed E-state index contributed by atoms with van der Waals surface area (Å²) in [6.45, 7) is 2.23. The molecule has 1 aliphatic heterocycles. The Balaban J connectivity index is 1.44. The van der Waals surface area contributed by atoms with Gasteiger partial charge in [0.1, 0.15) is 6.61 Å². The average molecular weight is 435 g/mol. The Hall–Kier alpha value is -2.86. The Kier molecular flexibility index (Phi) is 5.89. The third-order valence-electron chi connectivity index (χ3n) is 6.05. The van der Waals surface area contributed by atoms with Crippen LogP contribution in [0.25, 0.3) is 11.1 Å². The number of thiophene rings is 1. The number of hydrogen-bond acceptors (Lipinski definition) is 5. The summed E-state index contributed by atoms with van der Waals surface area (Å²) in [5.74, 6) is 1.95. The van der Waals surface area contributed by atoms with Gasteiger partial charge in [-0.05, 0) is 48.1 Å². The van der Waals surface area contributed by atoms with Gasteiger partial charge < -0.3 is 14.4 Å². The molecule has 0 atom stereocenters. The van der Waals surface area contributed by atoms with Crippen LogP contribution in [0, 0.1) is 5.92 Å². The summed E-state index contributed by atoms with van der Waals surface area (Å²) in [6.07, 6.45) is 7.66. The Morgan fingerprint density at radius 3 is 2.90 bits per heavy atom. The van der Waals surface area contributed by atoms with Crippen LogP contribution in [0.15, 0.2) is 54.2 Å². The maximum atomic E-state index is 12.9. The molecule has 6 heteroatoms. The first-order chi connectivity index (χ1) is 15.3. The van der Waals surface area contributed by atoms with Crippen LogP contribution in [0.2, 0.25) is 0 Å². The number of fused-ring (bicyclic) bond motifs is 1. The molecule has 1 fully saturated rings. The molecule has 1 aliphatic carbocycles. The van der Waals surface area contributed by atoms with Crippen molar-refractivity contribution in [3.05, 3.63) is 64.6 Å². The maximum absolute atomic E-state index is 12.9. The summed E-state index contributed by atoms with van der Waals surface area (Å²) in [5.41, 5.74) is 3.05. The molecule has 2 aliphatic rings. The lowest BCUT2D eigenvalue weighted by Gasteiger charge is -2.30. The molecule has 2 aromatic heterocycles. The molecule has 5 nitrogen and oxygen atoms in total. The zero-order valence-corrected chi connectivity index (χ0v) is 18.3. The molecule has 5 rings (SSSR count). The van der Waals surface area contributed by atoms with Crippen LogP contribution in [0.1, 0.15) is 29.7 Å². The molecule has 0 unspecified atom stereocenters. The minimum atomic E-state index is 0.185. The lowest BCUT2D eigenvalue weighted by molar-refractivity contribution is -0.138. The van der Waals surface area contributed by atoms with Crippen molar-refractivity contribution >= 4 is 17.2 Å². The molecule has 31 heavy (non-hydrogen) atoms. The van der Waals surface area contributed by atoms with E-state index in [1.807, 2.05) is 29.3 Å². The van der Waals surface area contributed by atoms with Crippen LogP contribution in [0.4, 0.5) is 0 Å². The molecule has 160 valence electrons. The summed E-state index contributed by atoms with van der Waals surface area (Å²) < 4.78 is 12.4. The van der Waals surface area contributed by atoms with Crippen LogP contribution in [0.5, 0.6) is 11.5 Å². The van der Waals surface area contributed by atoms with Crippen molar-refractivity contribution in [1.82, 2.24) is 9.88 Å². The zero-order chi connectivity index (χ0) is 21.0. The predicted molar refractivity (Wildman–Crippen MR) is 121 cm³/mol. The molecule has 3 heterocycles. The monoisotopic (exact) mass is 434 g/mol. The van der Waals surface area contributed by atoms with E-state index in [2.05, 4.69) is 28.6 Å². The third-order valence-corrected chi connectivity index (χ3v) is 6.98. The second-order valence-corrected chi connectivity index (χ2v) is 9.15. The Labute approximate surface area is 186 Å². The van der Waals surface area contributed by atoms with Gasteiger partial charge in [-0.1, -0.05) is 18.6 Å². The highest BCUT2D eigenvalue weighted by Crippen LogP contribution is 2.39. The molecular weight excluding hydrogens is 408 g/mol. The molecule has 1 aromatic carbocycles. The summed E-state index contributed by atoms with van der Waals surface area (Å²) in [7, 11) is 0. The Morgan fingerprint density at radius 1 is 1.23 bits per heavy atom. The molecule has 3 aromatic rings. The van der Waals surface area contributed by atoms with E-state index in [1.54, 1.807) is 17.5 Å². The van der Waals surface area contributed by atoms with E-state index in [0.717, 1.165) is 53.9 Å². The molecule has 0 saturated heterocycles. The average Bonchev–Trinajstić information content (AvgIpc) is 3.17. The molecule has 1 saturated carbocycles. The fourth-order valence-corrected chi connectivity index (χ4v) is 4.80. The number of pyridine rings is 1. The normalized spacial score (nSPS) is 16.1. The van der Waals surface area contributed by atoms with Crippen LogP contribution in [-0.2, 0) is 17.8 Å². The quantitative estimate of drug-likeness (QED) is 0.551. The first-order valence-corrected chi connectivity index (χ1v) is 11.8. The highest BCUT2D eigenvalue weighted by Gasteiger charge is 2.31. The van der Waals surface area contributed by atoms with Gasteiger partial charge in [-0.15, -0.1) is 11.3 Å². The van der Waals surface area contributed by atoms with Crippen LogP contribution >= 0.6 is 11.3 Å². The van der Waals surface area contributed by atoms with Crippen molar-refractivity contribution in [2.45, 2.75) is 32.2 Å². The number of rotatable bonds is 6. The molecular formula is C25H26N2O3S. The van der Waals surface area contributed by atoms with Gasteiger partial charge in [-0.25, -0.2) is 0 Å². The Bertz CT molecular complexity index is 1030. The lowest BCUT2D eigenvalue weighted by Crippen LogP contribution is -2.39. The van der Waals surface area contributed by atoms with Gasteiger partial charge in [-0.2, -0.15) is 0 Å². The van der Waals surface area contributed by atoms with Crippen LogP contribution < -0.4 is 9.47 Å². The standard InChI is InChI=1S/C25H26N2O3S/c28-25(18-4-1-5-18)27-10-12-30-24-21(17-27)14-20(19-6-2-9-26-16-19)15-23(24)29-11-8-22-7-3-13-31-22/h2-3,6-7,9,13-16,18H,1,4-5,8,10-12,17H2. The second kappa shape index (κ2) is 9.10. The summed E-state index contributed by atoms with van der Waals surface area (Å²) in [4.78, 5) is 20.4. The first kappa shape index (κ1) is 20.1. The first-order valence-electron chi connectivity index (χ1n) is 10.9. The van der Waals surface area contributed by atoms with Crippen molar-refractivity contribution in [1.29, 1.82) is 0 Å². The van der Waals surface area contributed by atoms with Crippen LogP contribution in [-0.4, -0.2) is 35.5 Å². The Morgan fingerprint density at radius 2 is 2.16 bits per heavy atom. The highest BCUT2D eigenvalue weighted by molar-refractivity contribution is 7.09. The van der Waals surface area contributed by atoms with E-state index in [-0.39, 0.29) is 11.8 Å². The largest absolute Gasteiger partial charge is 0.489 e. The van der Waals surface area contributed by atoms with E-state index >= 15 is 0 Å². The number of ether oxygens (including phenoxy) is 2. The third kappa shape index (κ3) is 4.44. The van der Waals surface area contributed by atoms with E-state index in [0.29, 0.717) is 26.3 Å². The van der Waals surface area contributed by atoms with Gasteiger partial charge in [0.2, 0.25) is 5.91 Å². The van der Waals surface area contributed by atoms with E-state index in [9.17, 15) is 4.79 Å². The predicted octanol–water partition coefficient (Wildman–Crippen LogP) is 4.95. The van der Waals surface area contributed by atoms with Crippen molar-refractivity contribution in [2.24, 2.45) is 5.92 Å². The minimum absolute atomic E-state index is 0.185. The fourth-order valence-electron chi connectivity index (χ4n) is 4.11. The van der Waals surface area contributed by atoms with Gasteiger partial charge in [0.05, 0.1) is 13.2 Å². The minimum Gasteiger partial charge on any atom is -0.489 e. The van der Waals surface area contributed by atoms with Gasteiger partial charge in [0.15, 0.2) is 11.5 Å². The molecule has 0 spiro atoms. The van der Waals surface area contributed by atoms with E-state index < -0.39 is 0 Å². The van der Waals surface area contributed by atoms with Crippen molar-refractivity contribution in [2.75, 3.05) is 19.8 Å². The van der Waals surface area contributed by atoms with Crippen molar-refractivity contribution < 1.29 is 14.3 Å². The summed E-state index contributed by atoms with van der Waals surface area (Å²) in [6, 6.07) is 12.3. The van der Waals surface area contributed by atoms with Crippen molar-refractivity contribution in [3.8, 4) is 22.6 Å². The number of benzene rings is 1. The molecule has 0 radical (unpaired) electrons. The van der Waals surface area contributed by atoms with Gasteiger partial charge in [0, 0.05) is 47.3 Å². The number of aromatic nitrogens is 1. The van der Waals surface area contributed by atoms with E-state index in [1.165, 1.54) is 4.88 Å².